The van der Waals surface area contributed by atoms with E-state index in [1.54, 1.807) is 29.7 Å². The predicted molar refractivity (Wildman–Crippen MR) is 91.7 cm³/mol. The predicted octanol–water partition coefficient (Wildman–Crippen LogP) is 1.40. The summed E-state index contributed by atoms with van der Waals surface area (Å²) in [7, 11) is 0. The van der Waals surface area contributed by atoms with Crippen molar-refractivity contribution >= 4 is 28.6 Å². The van der Waals surface area contributed by atoms with Gasteiger partial charge in [0.1, 0.15) is 0 Å². The van der Waals surface area contributed by atoms with Crippen LogP contribution < -0.4 is 10.9 Å². The van der Waals surface area contributed by atoms with Gasteiger partial charge in [-0.3, -0.25) is 14.2 Å². The molecule has 2 rings (SSSR count). The van der Waals surface area contributed by atoms with Gasteiger partial charge < -0.3 is 10.4 Å². The molecule has 1 heterocycles. The second kappa shape index (κ2) is 8.12. The number of para-hydroxylation sites is 1. The molecule has 0 fully saturated rings. The Bertz CT molecular complexity index is 745. The zero-order valence-corrected chi connectivity index (χ0v) is 14.1. The van der Waals surface area contributed by atoms with Crippen molar-refractivity contribution < 1.29 is 9.90 Å². The SMILES string of the molecule is CCNC(=O)[C@H](C)Sc1nc2ccccc2c(=O)n1CCCO. The highest BCUT2D eigenvalue weighted by atomic mass is 32.2. The summed E-state index contributed by atoms with van der Waals surface area (Å²) < 4.78 is 1.54. The number of aromatic nitrogens is 2. The topological polar surface area (TPSA) is 84.2 Å². The van der Waals surface area contributed by atoms with Gasteiger partial charge >= 0.3 is 0 Å². The first-order valence-corrected chi connectivity index (χ1v) is 8.51. The number of carbonyl (C=O) groups is 1. The van der Waals surface area contributed by atoms with Crippen molar-refractivity contribution in [3.63, 3.8) is 0 Å². The van der Waals surface area contributed by atoms with Gasteiger partial charge in [0, 0.05) is 19.7 Å². The van der Waals surface area contributed by atoms with Crippen LogP contribution in [-0.4, -0.2) is 39.0 Å². The summed E-state index contributed by atoms with van der Waals surface area (Å²) in [5.41, 5.74) is 0.470. The lowest BCUT2D eigenvalue weighted by atomic mass is 10.2. The van der Waals surface area contributed by atoms with Gasteiger partial charge in [0.2, 0.25) is 5.91 Å². The Labute approximate surface area is 138 Å². The van der Waals surface area contributed by atoms with Crippen LogP contribution in [-0.2, 0) is 11.3 Å². The number of thioether (sulfide) groups is 1. The van der Waals surface area contributed by atoms with E-state index in [9.17, 15) is 9.59 Å². The van der Waals surface area contributed by atoms with Gasteiger partial charge in [0.25, 0.3) is 5.56 Å². The average molecular weight is 335 g/mol. The van der Waals surface area contributed by atoms with E-state index in [4.69, 9.17) is 5.11 Å². The molecule has 0 aliphatic rings. The molecule has 0 saturated carbocycles. The molecule has 23 heavy (non-hydrogen) atoms. The van der Waals surface area contributed by atoms with E-state index in [-0.39, 0.29) is 23.3 Å². The van der Waals surface area contributed by atoms with Crippen LogP contribution in [0.4, 0.5) is 0 Å². The zero-order valence-electron chi connectivity index (χ0n) is 13.3. The van der Waals surface area contributed by atoms with Crippen LogP contribution >= 0.6 is 11.8 Å². The van der Waals surface area contributed by atoms with Gasteiger partial charge in [-0.25, -0.2) is 4.98 Å². The van der Waals surface area contributed by atoms with Gasteiger partial charge in [-0.1, -0.05) is 23.9 Å². The van der Waals surface area contributed by atoms with Crippen molar-refractivity contribution in [2.24, 2.45) is 0 Å². The quantitative estimate of drug-likeness (QED) is 0.590. The number of benzene rings is 1. The van der Waals surface area contributed by atoms with Crippen molar-refractivity contribution in [2.45, 2.75) is 37.2 Å². The number of aliphatic hydroxyl groups excluding tert-OH is 1. The molecule has 7 heteroatoms. The summed E-state index contributed by atoms with van der Waals surface area (Å²) in [4.78, 5) is 29.1. The molecule has 0 bridgehead atoms. The molecular weight excluding hydrogens is 314 g/mol. The molecule has 0 saturated heterocycles. The molecule has 0 aliphatic carbocycles. The number of hydrogen-bond acceptors (Lipinski definition) is 5. The number of nitrogens with zero attached hydrogens (tertiary/aromatic N) is 2. The Morgan fingerprint density at radius 2 is 2.17 bits per heavy atom. The molecule has 0 aliphatic heterocycles. The molecule has 0 radical (unpaired) electrons. The lowest BCUT2D eigenvalue weighted by Gasteiger charge is -2.15. The van der Waals surface area contributed by atoms with Gasteiger partial charge in [0.05, 0.1) is 16.2 Å². The molecule has 1 atom stereocenters. The van der Waals surface area contributed by atoms with Crippen LogP contribution in [0.3, 0.4) is 0 Å². The molecule has 124 valence electrons. The molecule has 2 aromatic rings. The molecule has 0 spiro atoms. The number of fused-ring (bicyclic) bond motifs is 1. The van der Waals surface area contributed by atoms with Gasteiger partial charge in [0.15, 0.2) is 5.16 Å². The Morgan fingerprint density at radius 3 is 2.87 bits per heavy atom. The van der Waals surface area contributed by atoms with E-state index in [1.165, 1.54) is 11.8 Å². The maximum atomic E-state index is 12.7. The smallest absolute Gasteiger partial charge is 0.262 e. The van der Waals surface area contributed by atoms with Gasteiger partial charge in [-0.2, -0.15) is 0 Å². The second-order valence-electron chi connectivity index (χ2n) is 5.10. The Balaban J connectivity index is 2.43. The second-order valence-corrected chi connectivity index (χ2v) is 6.41. The number of amides is 1. The first-order valence-electron chi connectivity index (χ1n) is 7.63. The monoisotopic (exact) mass is 335 g/mol. The molecular formula is C16H21N3O3S. The molecule has 1 aromatic carbocycles. The zero-order chi connectivity index (χ0) is 16.8. The summed E-state index contributed by atoms with van der Waals surface area (Å²) in [6.07, 6.45) is 0.461. The fraction of sp³-hybridized carbons (Fsp3) is 0.438. The van der Waals surface area contributed by atoms with Crippen LogP contribution in [0.15, 0.2) is 34.2 Å². The third-order valence-corrected chi connectivity index (χ3v) is 4.46. The van der Waals surface area contributed by atoms with Crippen LogP contribution in [0.2, 0.25) is 0 Å². The summed E-state index contributed by atoms with van der Waals surface area (Å²) in [5, 5.41) is 12.5. The highest BCUT2D eigenvalue weighted by Gasteiger charge is 2.18. The van der Waals surface area contributed by atoms with Crippen LogP contribution in [0, 0.1) is 0 Å². The van der Waals surface area contributed by atoms with Crippen molar-refractivity contribution in [3.05, 3.63) is 34.6 Å². The first kappa shape index (κ1) is 17.5. The standard InChI is InChI=1S/C16H21N3O3S/c1-3-17-14(21)11(2)23-16-18-13-8-5-4-7-12(13)15(22)19(16)9-6-10-20/h4-5,7-8,11,20H,3,6,9-10H2,1-2H3,(H,17,21)/t11-/m0/s1. The summed E-state index contributed by atoms with van der Waals surface area (Å²) in [5.74, 6) is -0.0892. The fourth-order valence-corrected chi connectivity index (χ4v) is 3.15. The van der Waals surface area contributed by atoms with Gasteiger partial charge in [-0.15, -0.1) is 0 Å². The minimum absolute atomic E-state index is 0.00471. The van der Waals surface area contributed by atoms with Gasteiger partial charge in [-0.05, 0) is 32.4 Å². The summed E-state index contributed by atoms with van der Waals surface area (Å²) in [6, 6.07) is 7.15. The minimum Gasteiger partial charge on any atom is -0.396 e. The highest BCUT2D eigenvalue weighted by Crippen LogP contribution is 2.22. The number of hydrogen-bond donors (Lipinski definition) is 2. The molecule has 6 nitrogen and oxygen atoms in total. The lowest BCUT2D eigenvalue weighted by molar-refractivity contribution is -0.120. The summed E-state index contributed by atoms with van der Waals surface area (Å²) in [6.45, 7) is 4.58. The lowest BCUT2D eigenvalue weighted by Crippen LogP contribution is -2.32. The van der Waals surface area contributed by atoms with Crippen LogP contribution in [0.5, 0.6) is 0 Å². The maximum absolute atomic E-state index is 12.7. The van der Waals surface area contributed by atoms with E-state index in [1.807, 2.05) is 13.0 Å². The minimum atomic E-state index is -0.358. The Kier molecular flexibility index (Phi) is 6.18. The third kappa shape index (κ3) is 4.11. The highest BCUT2D eigenvalue weighted by molar-refractivity contribution is 8.00. The van der Waals surface area contributed by atoms with E-state index >= 15 is 0 Å². The van der Waals surface area contributed by atoms with Crippen molar-refractivity contribution in [1.82, 2.24) is 14.9 Å². The van der Waals surface area contributed by atoms with E-state index < -0.39 is 0 Å². The Hall–Kier alpha value is -1.86. The molecule has 1 amide bonds. The van der Waals surface area contributed by atoms with E-state index in [0.29, 0.717) is 35.6 Å². The van der Waals surface area contributed by atoms with Crippen LogP contribution in [0.25, 0.3) is 10.9 Å². The molecule has 2 N–H and O–H groups in total. The summed E-state index contributed by atoms with van der Waals surface area (Å²) >= 11 is 1.26. The number of nitrogens with one attached hydrogen (secondary N) is 1. The normalized spacial score (nSPS) is 12.3. The largest absolute Gasteiger partial charge is 0.396 e. The van der Waals surface area contributed by atoms with Crippen molar-refractivity contribution in [3.8, 4) is 0 Å². The van der Waals surface area contributed by atoms with Crippen LogP contribution in [0.1, 0.15) is 20.3 Å². The molecule has 1 aromatic heterocycles. The number of rotatable bonds is 7. The molecule has 0 unspecified atom stereocenters. The number of aliphatic hydroxyl groups is 1. The number of carbonyl (C=O) groups excluding carboxylic acids is 1. The fourth-order valence-electron chi connectivity index (χ4n) is 2.19. The average Bonchev–Trinajstić information content (AvgIpc) is 2.55. The first-order chi connectivity index (χ1) is 11.1. The van der Waals surface area contributed by atoms with Crippen molar-refractivity contribution in [1.29, 1.82) is 0 Å². The Morgan fingerprint density at radius 1 is 1.43 bits per heavy atom. The van der Waals surface area contributed by atoms with Crippen molar-refractivity contribution in [2.75, 3.05) is 13.2 Å². The third-order valence-electron chi connectivity index (χ3n) is 3.37. The van der Waals surface area contributed by atoms with E-state index in [0.717, 1.165) is 0 Å². The maximum Gasteiger partial charge on any atom is 0.262 e. The van der Waals surface area contributed by atoms with E-state index in [2.05, 4.69) is 10.3 Å².